The molecule has 2 aliphatic carbocycles. The third kappa shape index (κ3) is 1.49. The van der Waals surface area contributed by atoms with E-state index in [0.717, 1.165) is 0 Å². The van der Waals surface area contributed by atoms with E-state index in [1.54, 1.807) is 0 Å². The summed E-state index contributed by atoms with van der Waals surface area (Å²) in [5.74, 6) is 0. The molecule has 0 nitrogen and oxygen atoms in total. The van der Waals surface area contributed by atoms with Gasteiger partial charge in [0.25, 0.3) is 0 Å². The van der Waals surface area contributed by atoms with Crippen molar-refractivity contribution in [3.63, 3.8) is 0 Å². The minimum atomic E-state index is 1.29. The molecule has 0 N–H and O–H groups in total. The maximum Gasteiger partial charge on any atom is -0.0105 e. The van der Waals surface area contributed by atoms with Gasteiger partial charge in [0.2, 0.25) is 0 Å². The number of rotatable bonds is 0. The lowest BCUT2D eigenvalue weighted by atomic mass is 10.1. The molecular formula is C16H12. The van der Waals surface area contributed by atoms with Gasteiger partial charge in [-0.05, 0) is 27.7 Å². The second-order valence-corrected chi connectivity index (χ2v) is 3.90. The molecule has 0 aliphatic heterocycles. The maximum absolute atomic E-state index is 2.24. The molecule has 0 fully saturated rings. The van der Waals surface area contributed by atoms with Crippen molar-refractivity contribution in [2.45, 2.75) is 0 Å². The first-order valence-electron chi connectivity index (χ1n) is 5.48. The summed E-state index contributed by atoms with van der Waals surface area (Å²) in [5.41, 5.74) is 2.60. The Morgan fingerprint density at radius 1 is 0.750 bits per heavy atom. The Hall–Kier alpha value is -2.08. The van der Waals surface area contributed by atoms with Crippen molar-refractivity contribution < 1.29 is 0 Å². The van der Waals surface area contributed by atoms with Crippen LogP contribution in [0.25, 0.3) is 11.6 Å². The summed E-state index contributed by atoms with van der Waals surface area (Å²) in [6.07, 6.45) is 16.9. The fourth-order valence-electron chi connectivity index (χ4n) is 2.10. The molecule has 1 aromatic carbocycles. The van der Waals surface area contributed by atoms with Crippen LogP contribution in [0, 0.1) is 0 Å². The number of fused-ring (bicyclic) bond motifs is 2. The molecule has 0 unspecified atom stereocenters. The Bertz CT molecular complexity index is 650. The Kier molecular flexibility index (Phi) is 2.19. The van der Waals surface area contributed by atoms with E-state index in [1.807, 2.05) is 6.08 Å². The van der Waals surface area contributed by atoms with Crippen molar-refractivity contribution in [3.8, 4) is 0 Å². The first kappa shape index (κ1) is 9.17. The second kappa shape index (κ2) is 3.82. The highest BCUT2D eigenvalue weighted by molar-refractivity contribution is 5.87. The van der Waals surface area contributed by atoms with Gasteiger partial charge in [0.15, 0.2) is 0 Å². The lowest BCUT2D eigenvalue weighted by molar-refractivity contribution is 1.53. The van der Waals surface area contributed by atoms with E-state index in [0.29, 0.717) is 0 Å². The van der Waals surface area contributed by atoms with E-state index in [4.69, 9.17) is 0 Å². The number of hydrogen-bond donors (Lipinski definition) is 0. The Balaban J connectivity index is 2.35. The summed E-state index contributed by atoms with van der Waals surface area (Å²) >= 11 is 0. The average Bonchev–Trinajstić information content (AvgIpc) is 2.69. The Morgan fingerprint density at radius 3 is 2.56 bits per heavy atom. The molecule has 0 atom stereocenters. The summed E-state index contributed by atoms with van der Waals surface area (Å²) in [7, 11) is 0. The summed E-state index contributed by atoms with van der Waals surface area (Å²) in [6.45, 7) is 0. The van der Waals surface area contributed by atoms with Crippen LogP contribution in [-0.2, 0) is 0 Å². The molecule has 0 heteroatoms. The molecule has 1 aromatic rings. The minimum Gasteiger partial charge on any atom is -0.0623 e. The molecule has 0 bridgehead atoms. The smallest absolute Gasteiger partial charge is 0.0105 e. The van der Waals surface area contributed by atoms with Crippen LogP contribution in [0.2, 0.25) is 0 Å². The lowest BCUT2D eigenvalue weighted by Gasteiger charge is -1.96. The zero-order chi connectivity index (χ0) is 10.8. The summed E-state index contributed by atoms with van der Waals surface area (Å²) in [6, 6.07) is 8.52. The monoisotopic (exact) mass is 204 g/mol. The van der Waals surface area contributed by atoms with E-state index >= 15 is 0 Å². The first-order chi connectivity index (χ1) is 7.95. The van der Waals surface area contributed by atoms with Crippen LogP contribution in [0.5, 0.6) is 0 Å². The van der Waals surface area contributed by atoms with Crippen molar-refractivity contribution in [1.29, 1.82) is 0 Å². The molecule has 0 spiro atoms. The van der Waals surface area contributed by atoms with E-state index in [9.17, 15) is 0 Å². The van der Waals surface area contributed by atoms with Crippen LogP contribution in [-0.4, -0.2) is 0 Å². The Labute approximate surface area is 94.9 Å². The van der Waals surface area contributed by atoms with Crippen LogP contribution in [0.4, 0.5) is 0 Å². The predicted octanol–water partition coefficient (Wildman–Crippen LogP) is 2.24. The second-order valence-electron chi connectivity index (χ2n) is 3.90. The molecule has 0 radical (unpaired) electrons. The van der Waals surface area contributed by atoms with Gasteiger partial charge in [-0.3, -0.25) is 0 Å². The zero-order valence-electron chi connectivity index (χ0n) is 8.93. The maximum atomic E-state index is 2.24. The van der Waals surface area contributed by atoms with E-state index < -0.39 is 0 Å². The third-order valence-corrected chi connectivity index (χ3v) is 2.86. The van der Waals surface area contributed by atoms with E-state index in [1.165, 1.54) is 21.6 Å². The van der Waals surface area contributed by atoms with Crippen LogP contribution in [0.1, 0.15) is 0 Å². The quantitative estimate of drug-likeness (QED) is 0.608. The number of hydrogen-bond acceptors (Lipinski definition) is 0. The van der Waals surface area contributed by atoms with Gasteiger partial charge in [0.05, 0.1) is 0 Å². The molecule has 0 saturated heterocycles. The summed E-state index contributed by atoms with van der Waals surface area (Å²) < 4.78 is 0. The van der Waals surface area contributed by atoms with Gasteiger partial charge >= 0.3 is 0 Å². The highest BCUT2D eigenvalue weighted by atomic mass is 14.1. The summed E-state index contributed by atoms with van der Waals surface area (Å²) in [5, 5.41) is 2.64. The predicted molar refractivity (Wildman–Crippen MR) is 69.1 cm³/mol. The van der Waals surface area contributed by atoms with Crippen LogP contribution in [0.3, 0.4) is 0 Å². The van der Waals surface area contributed by atoms with Crippen molar-refractivity contribution in [2.75, 3.05) is 0 Å². The average molecular weight is 204 g/mol. The highest BCUT2D eigenvalue weighted by Gasteiger charge is 2.06. The molecule has 76 valence electrons. The Morgan fingerprint density at radius 2 is 1.56 bits per heavy atom. The molecule has 0 amide bonds. The zero-order valence-corrected chi connectivity index (χ0v) is 8.93. The minimum absolute atomic E-state index is 1.29. The summed E-state index contributed by atoms with van der Waals surface area (Å²) in [4.78, 5) is 0. The van der Waals surface area contributed by atoms with Crippen LogP contribution in [0.15, 0.2) is 72.4 Å². The lowest BCUT2D eigenvalue weighted by Crippen LogP contribution is -2.21. The van der Waals surface area contributed by atoms with Gasteiger partial charge in [-0.1, -0.05) is 66.8 Å². The van der Waals surface area contributed by atoms with Gasteiger partial charge in [-0.15, -0.1) is 0 Å². The standard InChI is InChI=1S/C16H12/c1-2-4-8-13-12-14-9-6-7-11-16(14)15(13)10-5-3-1/h1-12H. The van der Waals surface area contributed by atoms with Crippen molar-refractivity contribution in [1.82, 2.24) is 0 Å². The van der Waals surface area contributed by atoms with Crippen molar-refractivity contribution in [2.24, 2.45) is 0 Å². The van der Waals surface area contributed by atoms with Gasteiger partial charge in [-0.2, -0.15) is 0 Å². The number of allylic oxidation sites excluding steroid dienone is 8. The molecule has 3 rings (SSSR count). The fraction of sp³-hybridized carbons (Fsp3) is 0. The SMILES string of the molecule is C1=CC=CC2=c3ccccc3=CC2=CC=C1. The van der Waals surface area contributed by atoms with Crippen molar-refractivity contribution in [3.05, 3.63) is 82.8 Å². The van der Waals surface area contributed by atoms with Gasteiger partial charge in [0, 0.05) is 0 Å². The first-order valence-corrected chi connectivity index (χ1v) is 5.48. The van der Waals surface area contributed by atoms with Crippen LogP contribution < -0.4 is 10.4 Å². The largest absolute Gasteiger partial charge is 0.0623 e. The molecule has 16 heavy (non-hydrogen) atoms. The van der Waals surface area contributed by atoms with Crippen molar-refractivity contribution >= 4 is 11.6 Å². The topological polar surface area (TPSA) is 0 Å². The van der Waals surface area contributed by atoms with Gasteiger partial charge in [0.1, 0.15) is 0 Å². The fourth-order valence-corrected chi connectivity index (χ4v) is 2.10. The van der Waals surface area contributed by atoms with Gasteiger partial charge in [-0.25, -0.2) is 0 Å². The van der Waals surface area contributed by atoms with E-state index in [2.05, 4.69) is 66.8 Å². The third-order valence-electron chi connectivity index (χ3n) is 2.86. The molecular weight excluding hydrogens is 192 g/mol. The van der Waals surface area contributed by atoms with Gasteiger partial charge < -0.3 is 0 Å². The van der Waals surface area contributed by atoms with E-state index in [-0.39, 0.29) is 0 Å². The highest BCUT2D eigenvalue weighted by Crippen LogP contribution is 2.17. The molecule has 2 aliphatic rings. The van der Waals surface area contributed by atoms with Crippen LogP contribution >= 0.6 is 0 Å². The normalized spacial score (nSPS) is 16.8. The molecule has 0 saturated carbocycles. The number of benzene rings is 1. The molecule has 0 aromatic heterocycles. The molecule has 0 heterocycles.